The number of anilines is 3. The van der Waals surface area contributed by atoms with E-state index in [4.69, 9.17) is 4.74 Å². The molecule has 0 aliphatic carbocycles. The third-order valence-electron chi connectivity index (χ3n) is 3.95. The van der Waals surface area contributed by atoms with Crippen molar-refractivity contribution in [2.45, 2.75) is 0 Å². The molecule has 128 valence electrons. The highest BCUT2D eigenvalue weighted by Gasteiger charge is 2.14. The van der Waals surface area contributed by atoms with Crippen molar-refractivity contribution in [3.05, 3.63) is 42.6 Å². The highest BCUT2D eigenvalue weighted by molar-refractivity contribution is 5.65. The zero-order valence-electron chi connectivity index (χ0n) is 13.5. The summed E-state index contributed by atoms with van der Waals surface area (Å²) in [6.07, 6.45) is 1.73. The molecule has 0 unspecified atom stereocenters. The molecule has 0 atom stereocenters. The van der Waals surface area contributed by atoms with E-state index in [0.717, 1.165) is 24.3 Å². The number of benzene rings is 1. The Bertz CT molecular complexity index is 842. The second-order valence-corrected chi connectivity index (χ2v) is 5.68. The van der Waals surface area contributed by atoms with Crippen LogP contribution in [-0.2, 0) is 4.74 Å². The van der Waals surface area contributed by atoms with Crippen molar-refractivity contribution in [2.75, 3.05) is 36.5 Å². The third-order valence-corrected chi connectivity index (χ3v) is 3.95. The summed E-state index contributed by atoms with van der Waals surface area (Å²) in [5.74, 6) is 2.26. The lowest BCUT2D eigenvalue weighted by Crippen LogP contribution is -2.37. The number of H-pyrrole nitrogens is 1. The molecule has 1 saturated heterocycles. The molecule has 2 aromatic heterocycles. The van der Waals surface area contributed by atoms with Crippen LogP contribution in [0.4, 0.5) is 17.6 Å². The Morgan fingerprint density at radius 2 is 1.88 bits per heavy atom. The van der Waals surface area contributed by atoms with E-state index in [-0.39, 0.29) is 5.75 Å². The summed E-state index contributed by atoms with van der Waals surface area (Å²) in [6.45, 7) is 2.96. The van der Waals surface area contributed by atoms with Gasteiger partial charge in [0.05, 0.1) is 18.9 Å². The fourth-order valence-electron chi connectivity index (χ4n) is 2.64. The topological polar surface area (TPSA) is 99.2 Å². The van der Waals surface area contributed by atoms with E-state index >= 15 is 0 Å². The Balaban J connectivity index is 1.50. The second kappa shape index (κ2) is 6.78. The number of aromatic hydroxyl groups is 1. The number of hydrogen-bond acceptors (Lipinski definition) is 7. The second-order valence-electron chi connectivity index (χ2n) is 5.68. The first-order chi connectivity index (χ1) is 12.3. The Labute approximate surface area is 144 Å². The molecule has 1 aliphatic rings. The van der Waals surface area contributed by atoms with Crippen molar-refractivity contribution in [2.24, 2.45) is 0 Å². The van der Waals surface area contributed by atoms with Crippen LogP contribution in [0, 0.1) is 0 Å². The van der Waals surface area contributed by atoms with Crippen LogP contribution in [0.1, 0.15) is 0 Å². The van der Waals surface area contributed by atoms with Gasteiger partial charge in [-0.1, -0.05) is 0 Å². The van der Waals surface area contributed by atoms with E-state index in [9.17, 15) is 5.11 Å². The molecule has 1 fully saturated rings. The van der Waals surface area contributed by atoms with E-state index in [1.165, 1.54) is 0 Å². The number of aromatic nitrogens is 4. The molecule has 1 aromatic carbocycles. The van der Waals surface area contributed by atoms with Crippen LogP contribution >= 0.6 is 0 Å². The van der Waals surface area contributed by atoms with Crippen LogP contribution in [0.25, 0.3) is 11.3 Å². The molecule has 8 nitrogen and oxygen atoms in total. The first-order valence-electron chi connectivity index (χ1n) is 8.05. The molecular weight excluding hydrogens is 320 g/mol. The predicted molar refractivity (Wildman–Crippen MR) is 94.0 cm³/mol. The number of morpholine rings is 1. The Morgan fingerprint density at radius 1 is 1.08 bits per heavy atom. The molecule has 0 amide bonds. The first-order valence-corrected chi connectivity index (χ1v) is 8.05. The lowest BCUT2D eigenvalue weighted by Gasteiger charge is -2.26. The summed E-state index contributed by atoms with van der Waals surface area (Å²) < 4.78 is 5.36. The highest BCUT2D eigenvalue weighted by Crippen LogP contribution is 2.23. The third kappa shape index (κ3) is 3.53. The van der Waals surface area contributed by atoms with E-state index in [0.29, 0.717) is 30.8 Å². The van der Waals surface area contributed by atoms with Crippen LogP contribution in [0.2, 0.25) is 0 Å². The average Bonchev–Trinajstić information content (AvgIpc) is 3.12. The van der Waals surface area contributed by atoms with E-state index in [1.54, 1.807) is 24.4 Å². The van der Waals surface area contributed by atoms with Gasteiger partial charge in [0.25, 0.3) is 0 Å². The van der Waals surface area contributed by atoms with Crippen molar-refractivity contribution in [3.63, 3.8) is 0 Å². The van der Waals surface area contributed by atoms with Gasteiger partial charge in [0, 0.05) is 25.4 Å². The minimum Gasteiger partial charge on any atom is -0.508 e. The van der Waals surface area contributed by atoms with E-state index in [1.807, 2.05) is 18.2 Å². The standard InChI is InChI=1S/C17H18N6O2/c24-13-3-1-12(2-4-13)14-11-16(22-21-14)19-15-5-6-18-17(20-15)23-7-9-25-10-8-23/h1-6,11,24H,7-10H2,(H2,18,19,20,21,22). The molecular formula is C17H18N6O2. The summed E-state index contributed by atoms with van der Waals surface area (Å²) >= 11 is 0. The Hall–Kier alpha value is -3.13. The fourth-order valence-corrected chi connectivity index (χ4v) is 2.64. The van der Waals surface area contributed by atoms with Crippen molar-refractivity contribution in [1.29, 1.82) is 0 Å². The maximum Gasteiger partial charge on any atom is 0.227 e. The monoisotopic (exact) mass is 338 g/mol. The van der Waals surface area contributed by atoms with Gasteiger partial charge in [-0.05, 0) is 35.9 Å². The van der Waals surface area contributed by atoms with Gasteiger partial charge < -0.3 is 20.1 Å². The van der Waals surface area contributed by atoms with Gasteiger partial charge in [0.1, 0.15) is 11.6 Å². The van der Waals surface area contributed by atoms with Crippen molar-refractivity contribution >= 4 is 17.6 Å². The van der Waals surface area contributed by atoms with Gasteiger partial charge in [0.15, 0.2) is 5.82 Å². The molecule has 1 aliphatic heterocycles. The van der Waals surface area contributed by atoms with Gasteiger partial charge in [-0.25, -0.2) is 4.98 Å². The van der Waals surface area contributed by atoms with Gasteiger partial charge in [0.2, 0.25) is 5.95 Å². The summed E-state index contributed by atoms with van der Waals surface area (Å²) in [6, 6.07) is 10.6. The molecule has 0 spiro atoms. The fraction of sp³-hybridized carbons (Fsp3) is 0.235. The lowest BCUT2D eigenvalue weighted by atomic mass is 10.1. The van der Waals surface area contributed by atoms with Gasteiger partial charge in [-0.3, -0.25) is 5.10 Å². The highest BCUT2D eigenvalue weighted by atomic mass is 16.5. The van der Waals surface area contributed by atoms with Crippen LogP contribution in [0.5, 0.6) is 5.75 Å². The number of nitrogens with zero attached hydrogens (tertiary/aromatic N) is 4. The normalized spacial score (nSPS) is 14.5. The lowest BCUT2D eigenvalue weighted by molar-refractivity contribution is 0.122. The van der Waals surface area contributed by atoms with Gasteiger partial charge in [-0.2, -0.15) is 10.1 Å². The Morgan fingerprint density at radius 3 is 2.68 bits per heavy atom. The van der Waals surface area contributed by atoms with Gasteiger partial charge >= 0.3 is 0 Å². The number of ether oxygens (including phenoxy) is 1. The minimum atomic E-state index is 0.234. The van der Waals surface area contributed by atoms with E-state index < -0.39 is 0 Å². The maximum atomic E-state index is 9.37. The molecule has 0 bridgehead atoms. The zero-order valence-corrected chi connectivity index (χ0v) is 13.5. The predicted octanol–water partition coefficient (Wildman–Crippen LogP) is 2.15. The molecule has 3 aromatic rings. The molecule has 4 rings (SSSR count). The van der Waals surface area contributed by atoms with Crippen LogP contribution in [-0.4, -0.2) is 51.6 Å². The first kappa shape index (κ1) is 15.4. The Kier molecular flexibility index (Phi) is 4.17. The number of hydrogen-bond donors (Lipinski definition) is 3. The molecule has 25 heavy (non-hydrogen) atoms. The largest absolute Gasteiger partial charge is 0.508 e. The van der Waals surface area contributed by atoms with Crippen LogP contribution < -0.4 is 10.2 Å². The summed E-state index contributed by atoms with van der Waals surface area (Å²) in [7, 11) is 0. The summed E-state index contributed by atoms with van der Waals surface area (Å²) in [4.78, 5) is 11.0. The zero-order chi connectivity index (χ0) is 17.1. The number of phenols is 1. The SMILES string of the molecule is Oc1ccc(-c2cc(Nc3ccnc(N4CCOCC4)n3)n[nH]2)cc1. The molecule has 3 heterocycles. The number of nitrogens with one attached hydrogen (secondary N) is 2. The quantitative estimate of drug-likeness (QED) is 0.670. The van der Waals surface area contributed by atoms with Gasteiger partial charge in [-0.15, -0.1) is 0 Å². The molecule has 0 saturated carbocycles. The number of aromatic amines is 1. The van der Waals surface area contributed by atoms with Crippen molar-refractivity contribution in [1.82, 2.24) is 20.2 Å². The smallest absolute Gasteiger partial charge is 0.227 e. The molecule has 0 radical (unpaired) electrons. The molecule has 8 heteroatoms. The van der Waals surface area contributed by atoms with Crippen molar-refractivity contribution in [3.8, 4) is 17.0 Å². The van der Waals surface area contributed by atoms with E-state index in [2.05, 4.69) is 30.4 Å². The number of rotatable bonds is 4. The van der Waals surface area contributed by atoms with Crippen molar-refractivity contribution < 1.29 is 9.84 Å². The molecule has 3 N–H and O–H groups in total. The number of phenolic OH excluding ortho intramolecular Hbond substituents is 1. The van der Waals surface area contributed by atoms with Crippen LogP contribution in [0.15, 0.2) is 42.6 Å². The van der Waals surface area contributed by atoms with Crippen LogP contribution in [0.3, 0.4) is 0 Å². The maximum absolute atomic E-state index is 9.37. The average molecular weight is 338 g/mol. The minimum absolute atomic E-state index is 0.234. The summed E-state index contributed by atoms with van der Waals surface area (Å²) in [5.41, 5.74) is 1.79. The summed E-state index contributed by atoms with van der Waals surface area (Å²) in [5, 5.41) is 19.8.